The summed E-state index contributed by atoms with van der Waals surface area (Å²) in [6, 6.07) is 18.6. The molecule has 2 aliphatic rings. The van der Waals surface area contributed by atoms with E-state index in [9.17, 15) is 14.4 Å². The first-order valence-electron chi connectivity index (χ1n) is 14.8. The monoisotopic (exact) mass is 548 g/mol. The lowest BCUT2D eigenvalue weighted by Gasteiger charge is -2.52. The fraction of sp³-hybridized carbons (Fsp3) is 0.531. The molecule has 2 saturated heterocycles. The number of hydrogen-bond acceptors (Lipinski definition) is 5. The molecule has 40 heavy (non-hydrogen) atoms. The normalized spacial score (nSPS) is 19.8. The molecular weight excluding hydrogens is 504 g/mol. The molecular formula is C32H44N4O4. The predicted molar refractivity (Wildman–Crippen MR) is 156 cm³/mol. The van der Waals surface area contributed by atoms with E-state index in [4.69, 9.17) is 4.74 Å². The number of benzene rings is 2. The average Bonchev–Trinajstić information content (AvgIpc) is 2.98. The van der Waals surface area contributed by atoms with Gasteiger partial charge in [0, 0.05) is 19.6 Å². The van der Waals surface area contributed by atoms with Crippen LogP contribution in [-0.2, 0) is 27.4 Å². The molecule has 2 aromatic rings. The third kappa shape index (κ3) is 7.22. The lowest BCUT2D eigenvalue weighted by Crippen LogP contribution is -2.75. The van der Waals surface area contributed by atoms with Crippen molar-refractivity contribution in [3.63, 3.8) is 0 Å². The number of amides is 3. The van der Waals surface area contributed by atoms with Crippen LogP contribution >= 0.6 is 0 Å². The number of nitrogens with zero attached hydrogens (tertiary/aromatic N) is 2. The van der Waals surface area contributed by atoms with E-state index in [1.54, 1.807) is 0 Å². The molecule has 0 radical (unpaired) electrons. The van der Waals surface area contributed by atoms with Crippen molar-refractivity contribution in [2.75, 3.05) is 26.2 Å². The molecule has 8 nitrogen and oxygen atoms in total. The number of carbonyl (C=O) groups is 3. The van der Waals surface area contributed by atoms with Gasteiger partial charge in [-0.05, 0) is 56.2 Å². The summed E-state index contributed by atoms with van der Waals surface area (Å²) >= 11 is 0. The molecule has 4 rings (SSSR count). The summed E-state index contributed by atoms with van der Waals surface area (Å²) < 4.78 is 5.42. The summed E-state index contributed by atoms with van der Waals surface area (Å²) in [5, 5.41) is 5.91. The van der Waals surface area contributed by atoms with Crippen LogP contribution in [0.25, 0.3) is 0 Å². The van der Waals surface area contributed by atoms with Crippen LogP contribution in [0.5, 0.6) is 0 Å². The van der Waals surface area contributed by atoms with Crippen LogP contribution in [0.3, 0.4) is 0 Å². The smallest absolute Gasteiger partial charge is 0.407 e. The lowest BCUT2D eigenvalue weighted by atomic mass is 9.80. The Morgan fingerprint density at radius 3 is 2.25 bits per heavy atom. The van der Waals surface area contributed by atoms with Crippen molar-refractivity contribution in [1.82, 2.24) is 20.4 Å². The van der Waals surface area contributed by atoms with Crippen LogP contribution in [-0.4, -0.2) is 71.5 Å². The Morgan fingerprint density at radius 2 is 1.62 bits per heavy atom. The number of piperazine rings is 1. The van der Waals surface area contributed by atoms with E-state index in [1.807, 2.05) is 55.1 Å². The molecule has 0 saturated carbocycles. The molecule has 216 valence electrons. The van der Waals surface area contributed by atoms with Crippen molar-refractivity contribution >= 4 is 17.9 Å². The maximum absolute atomic E-state index is 13.9. The summed E-state index contributed by atoms with van der Waals surface area (Å²) in [7, 11) is 0. The maximum Gasteiger partial charge on any atom is 0.407 e. The minimum absolute atomic E-state index is 0.102. The molecule has 0 bridgehead atoms. The van der Waals surface area contributed by atoms with Crippen LogP contribution in [0.15, 0.2) is 60.7 Å². The van der Waals surface area contributed by atoms with E-state index in [1.165, 1.54) is 5.56 Å². The number of alkyl carbamates (subject to hydrolysis) is 1. The zero-order chi connectivity index (χ0) is 28.4. The first-order chi connectivity index (χ1) is 19.5. The van der Waals surface area contributed by atoms with Crippen molar-refractivity contribution in [1.29, 1.82) is 0 Å². The maximum atomic E-state index is 13.9. The number of nitrogens with one attached hydrogen (secondary N) is 2. The summed E-state index contributed by atoms with van der Waals surface area (Å²) in [4.78, 5) is 44.6. The van der Waals surface area contributed by atoms with Gasteiger partial charge < -0.3 is 25.2 Å². The molecule has 2 aliphatic heterocycles. The quantitative estimate of drug-likeness (QED) is 0.413. The van der Waals surface area contributed by atoms with Crippen molar-refractivity contribution in [3.05, 3.63) is 71.8 Å². The van der Waals surface area contributed by atoms with Crippen molar-refractivity contribution in [2.45, 2.75) is 83.0 Å². The molecule has 0 unspecified atom stereocenters. The van der Waals surface area contributed by atoms with E-state index in [0.717, 1.165) is 50.9 Å². The number of aryl methyl sites for hydroxylation is 1. The van der Waals surface area contributed by atoms with Crippen LogP contribution in [0.1, 0.15) is 63.5 Å². The molecule has 2 fully saturated rings. The Bertz CT molecular complexity index is 1100. The third-order valence-electron chi connectivity index (χ3n) is 8.19. The predicted octanol–water partition coefficient (Wildman–Crippen LogP) is 4.29. The van der Waals surface area contributed by atoms with Gasteiger partial charge >= 0.3 is 6.09 Å². The molecule has 3 amide bonds. The molecule has 2 aromatic carbocycles. The van der Waals surface area contributed by atoms with Crippen LogP contribution in [0.2, 0.25) is 0 Å². The fourth-order valence-corrected chi connectivity index (χ4v) is 6.00. The summed E-state index contributed by atoms with van der Waals surface area (Å²) in [6.07, 6.45) is 4.81. The molecule has 1 spiro atoms. The van der Waals surface area contributed by atoms with Crippen LogP contribution < -0.4 is 10.6 Å². The van der Waals surface area contributed by atoms with Gasteiger partial charge in [-0.15, -0.1) is 0 Å². The molecule has 2 heterocycles. The minimum atomic E-state index is -0.829. The van der Waals surface area contributed by atoms with E-state index < -0.39 is 23.7 Å². The SMILES string of the molecule is CCC[C@@H](NC(=O)OCc1ccccc1)[C@H]1NC(=O)C2(CCN(CCCc3ccccc3)CC2)N(CCC)C1=O. The Hall–Kier alpha value is -3.39. The third-order valence-corrected chi connectivity index (χ3v) is 8.19. The fourth-order valence-electron chi connectivity index (χ4n) is 6.00. The highest BCUT2D eigenvalue weighted by atomic mass is 16.5. The topological polar surface area (TPSA) is 91.0 Å². The Balaban J connectivity index is 1.37. The molecule has 8 heteroatoms. The van der Waals surface area contributed by atoms with Gasteiger partial charge in [0.1, 0.15) is 18.2 Å². The summed E-state index contributed by atoms with van der Waals surface area (Å²) in [5.41, 5.74) is 1.39. The Labute approximate surface area is 238 Å². The lowest BCUT2D eigenvalue weighted by molar-refractivity contribution is -0.162. The minimum Gasteiger partial charge on any atom is -0.445 e. The second kappa shape index (κ2) is 14.3. The van der Waals surface area contributed by atoms with Crippen molar-refractivity contribution in [2.24, 2.45) is 0 Å². The largest absolute Gasteiger partial charge is 0.445 e. The number of ether oxygens (including phenoxy) is 1. The van der Waals surface area contributed by atoms with Crippen molar-refractivity contribution in [3.8, 4) is 0 Å². The molecule has 0 aromatic heterocycles. The number of carbonyl (C=O) groups excluding carboxylic acids is 3. The van der Waals surface area contributed by atoms with Gasteiger partial charge in [-0.1, -0.05) is 80.9 Å². The van der Waals surface area contributed by atoms with E-state index in [-0.39, 0.29) is 18.4 Å². The second-order valence-corrected chi connectivity index (χ2v) is 11.0. The average molecular weight is 549 g/mol. The van der Waals surface area contributed by atoms with Gasteiger partial charge in [0.25, 0.3) is 0 Å². The van der Waals surface area contributed by atoms with E-state index >= 15 is 0 Å². The standard InChI is InChI=1S/C32H44N4O4/c1-3-12-27(33-31(39)40-24-26-15-9-6-10-16-26)28-29(37)36(20-4-2)32(30(38)34-28)18-22-35(23-19-32)21-11-17-25-13-7-5-8-14-25/h5-10,13-16,27-28H,3-4,11-12,17-24H2,1-2H3,(H,33,39)(H,34,38)/t27-,28-/m1/s1. The van der Waals surface area contributed by atoms with Gasteiger partial charge in [-0.2, -0.15) is 0 Å². The first-order valence-corrected chi connectivity index (χ1v) is 14.8. The van der Waals surface area contributed by atoms with Gasteiger partial charge in [-0.25, -0.2) is 4.79 Å². The number of piperidine rings is 1. The Morgan fingerprint density at radius 1 is 0.975 bits per heavy atom. The number of rotatable bonds is 12. The second-order valence-electron chi connectivity index (χ2n) is 11.0. The van der Waals surface area contributed by atoms with Gasteiger partial charge in [0.15, 0.2) is 0 Å². The van der Waals surface area contributed by atoms with Crippen LogP contribution in [0.4, 0.5) is 4.79 Å². The van der Waals surface area contributed by atoms with Gasteiger partial charge in [0.05, 0.1) is 6.04 Å². The molecule has 2 N–H and O–H groups in total. The number of likely N-dealkylation sites (tertiary alicyclic amines) is 1. The highest BCUT2D eigenvalue weighted by Gasteiger charge is 2.54. The van der Waals surface area contributed by atoms with Gasteiger partial charge in [0.2, 0.25) is 11.8 Å². The van der Waals surface area contributed by atoms with Gasteiger partial charge in [-0.3, -0.25) is 9.59 Å². The van der Waals surface area contributed by atoms with E-state index in [0.29, 0.717) is 25.8 Å². The summed E-state index contributed by atoms with van der Waals surface area (Å²) in [5.74, 6) is -0.212. The number of hydrogen-bond donors (Lipinski definition) is 2. The molecule has 2 atom stereocenters. The zero-order valence-corrected chi connectivity index (χ0v) is 23.9. The summed E-state index contributed by atoms with van der Waals surface area (Å²) in [6.45, 7) is 7.23. The molecule has 0 aliphatic carbocycles. The first kappa shape index (κ1) is 29.6. The highest BCUT2D eigenvalue weighted by molar-refractivity contribution is 6.00. The van der Waals surface area contributed by atoms with Crippen LogP contribution in [0, 0.1) is 0 Å². The van der Waals surface area contributed by atoms with E-state index in [2.05, 4.69) is 39.8 Å². The zero-order valence-electron chi connectivity index (χ0n) is 23.9. The van der Waals surface area contributed by atoms with Crippen molar-refractivity contribution < 1.29 is 19.1 Å². The Kier molecular flexibility index (Phi) is 10.6. The highest BCUT2D eigenvalue weighted by Crippen LogP contribution is 2.34.